The van der Waals surface area contributed by atoms with Gasteiger partial charge in [0.25, 0.3) is 5.91 Å². The number of rotatable bonds is 7. The van der Waals surface area contributed by atoms with E-state index in [-0.39, 0.29) is 5.91 Å². The van der Waals surface area contributed by atoms with Gasteiger partial charge in [-0.3, -0.25) is 4.79 Å². The first kappa shape index (κ1) is 25.1. The fourth-order valence-electron chi connectivity index (χ4n) is 4.52. The van der Waals surface area contributed by atoms with E-state index in [1.807, 2.05) is 43.3 Å². The van der Waals surface area contributed by atoms with Gasteiger partial charge >= 0.3 is 0 Å². The molecule has 1 aliphatic rings. The molecule has 0 aliphatic carbocycles. The summed E-state index contributed by atoms with van der Waals surface area (Å²) in [6, 6.07) is 12.9. The lowest BCUT2D eigenvalue weighted by atomic mass is 9.96. The maximum Gasteiger partial charge on any atom is 0.275 e. The minimum atomic E-state index is -0.280. The number of halogens is 1. The van der Waals surface area contributed by atoms with E-state index in [1.54, 1.807) is 23.8 Å². The lowest BCUT2D eigenvalue weighted by Crippen LogP contribution is -2.39. The van der Waals surface area contributed by atoms with Crippen molar-refractivity contribution in [1.82, 2.24) is 15.2 Å². The molecule has 1 amide bonds. The van der Waals surface area contributed by atoms with Crippen LogP contribution in [-0.2, 0) is 0 Å². The zero-order valence-corrected chi connectivity index (χ0v) is 21.9. The summed E-state index contributed by atoms with van der Waals surface area (Å²) in [6.07, 6.45) is 5.35. The average molecular weight is 535 g/mol. The Morgan fingerprint density at radius 3 is 2.86 bits per heavy atom. The maximum absolute atomic E-state index is 13.3. The number of piperidine rings is 1. The van der Waals surface area contributed by atoms with E-state index in [0.29, 0.717) is 45.4 Å². The molecule has 0 saturated carbocycles. The number of thiazole rings is 1. The lowest BCUT2D eigenvalue weighted by Gasteiger charge is -2.36. The second kappa shape index (κ2) is 11.2. The third-order valence-corrected chi connectivity index (χ3v) is 7.63. The summed E-state index contributed by atoms with van der Waals surface area (Å²) in [5.41, 5.74) is 9.72. The molecule has 4 aromatic rings. The zero-order chi connectivity index (χ0) is 25.8. The molecule has 2 aromatic heterocycles. The summed E-state index contributed by atoms with van der Waals surface area (Å²) in [5.74, 6) is 1.36. The van der Waals surface area contributed by atoms with Crippen molar-refractivity contribution in [3.05, 3.63) is 76.5 Å². The van der Waals surface area contributed by atoms with Gasteiger partial charge in [0.15, 0.2) is 0 Å². The number of hydrogen-bond donors (Lipinski definition) is 2. The molecular formula is C27H27ClN6O2S. The van der Waals surface area contributed by atoms with Crippen LogP contribution in [0.3, 0.4) is 0 Å². The van der Waals surface area contributed by atoms with Crippen LogP contribution in [0.5, 0.6) is 11.5 Å². The molecule has 3 heterocycles. The summed E-state index contributed by atoms with van der Waals surface area (Å²) < 4.78 is 6.20. The Morgan fingerprint density at radius 1 is 1.22 bits per heavy atom. The summed E-state index contributed by atoms with van der Waals surface area (Å²) in [6.45, 7) is 4.30. The van der Waals surface area contributed by atoms with Crippen LogP contribution in [0.25, 0.3) is 10.6 Å². The Bertz CT molecular complexity index is 1400. The first-order chi connectivity index (χ1) is 18.0. The number of ether oxygens (including phenoxy) is 1. The van der Waals surface area contributed by atoms with Crippen LogP contribution >= 0.6 is 22.9 Å². The monoisotopic (exact) mass is 534 g/mol. The molecule has 10 heteroatoms. The second-order valence-corrected chi connectivity index (χ2v) is 10.2. The number of para-hydroxylation sites is 1. The van der Waals surface area contributed by atoms with E-state index in [0.717, 1.165) is 42.7 Å². The third-order valence-electron chi connectivity index (χ3n) is 6.42. The molecule has 37 heavy (non-hydrogen) atoms. The second-order valence-electron chi connectivity index (χ2n) is 8.93. The highest BCUT2D eigenvalue weighted by Crippen LogP contribution is 2.41. The van der Waals surface area contributed by atoms with Gasteiger partial charge < -0.3 is 20.7 Å². The summed E-state index contributed by atoms with van der Waals surface area (Å²) >= 11 is 7.74. The lowest BCUT2D eigenvalue weighted by molar-refractivity contribution is 0.102. The molecule has 0 spiro atoms. The van der Waals surface area contributed by atoms with Crippen LogP contribution in [0.15, 0.2) is 60.2 Å². The molecule has 1 fully saturated rings. The van der Waals surface area contributed by atoms with Crippen molar-refractivity contribution >= 4 is 40.2 Å². The van der Waals surface area contributed by atoms with Crippen molar-refractivity contribution in [1.29, 1.82) is 0 Å². The first-order valence-corrected chi connectivity index (χ1v) is 13.3. The van der Waals surface area contributed by atoms with E-state index in [9.17, 15) is 4.79 Å². The molecular weight excluding hydrogens is 508 g/mol. The summed E-state index contributed by atoms with van der Waals surface area (Å²) in [4.78, 5) is 20.1. The van der Waals surface area contributed by atoms with E-state index < -0.39 is 0 Å². The van der Waals surface area contributed by atoms with Gasteiger partial charge in [-0.2, -0.15) is 10.2 Å². The third kappa shape index (κ3) is 5.58. The number of amides is 1. The van der Waals surface area contributed by atoms with Crippen LogP contribution < -0.4 is 20.7 Å². The fraction of sp³-hybridized carbons (Fsp3) is 0.259. The Kier molecular flexibility index (Phi) is 7.64. The molecule has 0 bridgehead atoms. The van der Waals surface area contributed by atoms with Gasteiger partial charge in [-0.05, 0) is 62.6 Å². The van der Waals surface area contributed by atoms with E-state index in [1.165, 1.54) is 11.3 Å². The van der Waals surface area contributed by atoms with Gasteiger partial charge in [0, 0.05) is 29.6 Å². The molecule has 3 N–H and O–H groups in total. The number of nitrogens with zero attached hydrogens (tertiary/aromatic N) is 4. The van der Waals surface area contributed by atoms with Crippen molar-refractivity contribution < 1.29 is 9.53 Å². The van der Waals surface area contributed by atoms with Crippen molar-refractivity contribution in [3.63, 3.8) is 0 Å². The molecule has 1 atom stereocenters. The number of carbonyl (C=O) groups excluding carboxylic acids is 1. The molecule has 0 radical (unpaired) electrons. The number of carbonyl (C=O) groups is 1. The van der Waals surface area contributed by atoms with Crippen LogP contribution in [0, 0.1) is 12.8 Å². The van der Waals surface area contributed by atoms with Gasteiger partial charge in [-0.15, -0.1) is 11.3 Å². The smallest absolute Gasteiger partial charge is 0.275 e. The predicted octanol–water partition coefficient (Wildman–Crippen LogP) is 5.78. The van der Waals surface area contributed by atoms with Gasteiger partial charge in [-0.25, -0.2) is 4.98 Å². The molecule has 1 saturated heterocycles. The van der Waals surface area contributed by atoms with Crippen LogP contribution in [0.2, 0.25) is 5.02 Å². The van der Waals surface area contributed by atoms with Gasteiger partial charge in [0.2, 0.25) is 0 Å². The predicted molar refractivity (Wildman–Crippen MR) is 148 cm³/mol. The fourth-order valence-corrected chi connectivity index (χ4v) is 5.49. The van der Waals surface area contributed by atoms with Crippen LogP contribution in [0.4, 0.5) is 11.4 Å². The Labute approximate surface area is 224 Å². The minimum Gasteiger partial charge on any atom is -0.455 e. The van der Waals surface area contributed by atoms with E-state index in [4.69, 9.17) is 22.1 Å². The van der Waals surface area contributed by atoms with E-state index in [2.05, 4.69) is 25.4 Å². The summed E-state index contributed by atoms with van der Waals surface area (Å²) in [5, 5.41) is 13.8. The Morgan fingerprint density at radius 2 is 2.08 bits per heavy atom. The highest BCUT2D eigenvalue weighted by Gasteiger charge is 2.25. The van der Waals surface area contributed by atoms with Crippen LogP contribution in [-0.4, -0.2) is 40.7 Å². The largest absolute Gasteiger partial charge is 0.455 e. The standard InChI is InChI=1S/C27H27ClN6O2S/c1-17-23(36-24-7-3-2-6-20(24)28)9-8-21(25(17)34-12-4-5-18(13-29)15-34)32-26(35)22-16-37-27(33-22)19-10-11-30-31-14-19/h2-3,6-11,14,16,18H,4-5,12-13,15,29H2,1H3,(H,32,35)/t18-/m0/s1. The average Bonchev–Trinajstić information content (AvgIpc) is 3.43. The minimum absolute atomic E-state index is 0.280. The highest BCUT2D eigenvalue weighted by atomic mass is 35.5. The van der Waals surface area contributed by atoms with Gasteiger partial charge in [-0.1, -0.05) is 23.7 Å². The Hall–Kier alpha value is -3.53. The topological polar surface area (TPSA) is 106 Å². The quantitative estimate of drug-likeness (QED) is 0.309. The van der Waals surface area contributed by atoms with Gasteiger partial charge in [0.1, 0.15) is 22.2 Å². The highest BCUT2D eigenvalue weighted by molar-refractivity contribution is 7.13. The van der Waals surface area contributed by atoms with Crippen molar-refractivity contribution in [2.45, 2.75) is 19.8 Å². The van der Waals surface area contributed by atoms with Gasteiger partial charge in [0.05, 0.1) is 28.8 Å². The summed E-state index contributed by atoms with van der Waals surface area (Å²) in [7, 11) is 0. The number of benzene rings is 2. The molecule has 0 unspecified atom stereocenters. The zero-order valence-electron chi connectivity index (χ0n) is 20.4. The molecule has 8 nitrogen and oxygen atoms in total. The number of nitrogens with one attached hydrogen (secondary N) is 1. The van der Waals surface area contributed by atoms with E-state index >= 15 is 0 Å². The van der Waals surface area contributed by atoms with Crippen molar-refractivity contribution in [2.24, 2.45) is 11.7 Å². The van der Waals surface area contributed by atoms with Crippen molar-refractivity contribution in [3.8, 4) is 22.1 Å². The molecule has 2 aromatic carbocycles. The number of anilines is 2. The molecule has 5 rings (SSSR count). The number of hydrogen-bond acceptors (Lipinski definition) is 8. The molecule has 1 aliphatic heterocycles. The SMILES string of the molecule is Cc1c(Oc2ccccc2Cl)ccc(NC(=O)c2csc(-c3ccnnc3)n2)c1N1CCC[C@@H](CN)C1. The van der Waals surface area contributed by atoms with Crippen LogP contribution in [0.1, 0.15) is 28.9 Å². The number of aromatic nitrogens is 3. The number of nitrogens with two attached hydrogens (primary N) is 1. The molecule has 190 valence electrons. The first-order valence-electron chi connectivity index (χ1n) is 12.1. The Balaban J connectivity index is 1.46. The maximum atomic E-state index is 13.3. The normalized spacial score (nSPS) is 15.4. The van der Waals surface area contributed by atoms with Crippen molar-refractivity contribution in [2.75, 3.05) is 29.9 Å².